The van der Waals surface area contributed by atoms with Crippen molar-refractivity contribution in [3.05, 3.63) is 120 Å². The Morgan fingerprint density at radius 1 is 0.529 bits per heavy atom. The third-order valence-electron chi connectivity index (χ3n) is 10.6. The largest absolute Gasteiger partial charge is 0.491 e. The Balaban J connectivity index is 1.10. The van der Waals surface area contributed by atoms with Crippen LogP contribution in [0.3, 0.4) is 0 Å². The molecule has 0 spiro atoms. The van der Waals surface area contributed by atoms with E-state index in [9.17, 15) is 10.2 Å². The van der Waals surface area contributed by atoms with E-state index < -0.39 is 12.2 Å². The van der Waals surface area contributed by atoms with Crippen molar-refractivity contribution in [2.24, 2.45) is 0 Å². The Bertz CT molecular complexity index is 1770. The second-order valence-electron chi connectivity index (χ2n) is 14.4. The molecule has 2 aliphatic rings. The van der Waals surface area contributed by atoms with E-state index in [2.05, 4.69) is 113 Å². The zero-order chi connectivity index (χ0) is 35.2. The van der Waals surface area contributed by atoms with Gasteiger partial charge in [0.25, 0.3) is 0 Å². The molecule has 268 valence electrons. The Morgan fingerprint density at radius 2 is 0.961 bits per heavy atom. The van der Waals surface area contributed by atoms with Gasteiger partial charge in [-0.25, -0.2) is 0 Å². The Kier molecular flexibility index (Phi) is 11.5. The zero-order valence-electron chi connectivity index (χ0n) is 30.0. The number of aliphatic hydroxyl groups is 2. The van der Waals surface area contributed by atoms with Crippen LogP contribution in [0.2, 0.25) is 0 Å². The number of fused-ring (bicyclic) bond motifs is 3. The fraction of sp³-hybridized carbons (Fsp3) is 0.395. The molecule has 0 aliphatic carbocycles. The molecule has 0 radical (unpaired) electrons. The Labute approximate surface area is 302 Å². The van der Waals surface area contributed by atoms with Crippen molar-refractivity contribution >= 4 is 21.5 Å². The minimum absolute atomic E-state index is 0.0479. The van der Waals surface area contributed by atoms with Crippen molar-refractivity contribution in [1.82, 2.24) is 19.6 Å². The van der Waals surface area contributed by atoms with Gasteiger partial charge in [-0.3, -0.25) is 9.80 Å². The molecule has 5 aromatic rings. The highest BCUT2D eigenvalue weighted by Crippen LogP contribution is 2.40. The van der Waals surface area contributed by atoms with E-state index in [1.54, 1.807) is 0 Å². The molecule has 0 bridgehead atoms. The van der Waals surface area contributed by atoms with Gasteiger partial charge in [0.1, 0.15) is 36.9 Å². The number of nitrogens with zero attached hydrogens (tertiary/aromatic N) is 4. The van der Waals surface area contributed by atoms with Crippen molar-refractivity contribution < 1.29 is 19.7 Å². The smallest absolute Gasteiger partial charge is 0.119 e. The Morgan fingerprint density at radius 3 is 1.45 bits per heavy atom. The first-order chi connectivity index (χ1) is 24.9. The van der Waals surface area contributed by atoms with Crippen molar-refractivity contribution in [3.63, 3.8) is 0 Å². The predicted octanol–water partition coefficient (Wildman–Crippen LogP) is 5.15. The molecule has 8 heteroatoms. The molecule has 5 aromatic carbocycles. The number of aliphatic hydroxyl groups excluding tert-OH is 2. The molecule has 2 unspecified atom stereocenters. The number of hydrogen-bond acceptors (Lipinski definition) is 8. The van der Waals surface area contributed by atoms with Crippen molar-refractivity contribution in [1.29, 1.82) is 0 Å². The van der Waals surface area contributed by atoms with Crippen LogP contribution in [-0.4, -0.2) is 135 Å². The summed E-state index contributed by atoms with van der Waals surface area (Å²) in [5, 5.41) is 26.4. The van der Waals surface area contributed by atoms with E-state index in [0.29, 0.717) is 13.1 Å². The molecule has 51 heavy (non-hydrogen) atoms. The lowest BCUT2D eigenvalue weighted by atomic mass is 9.81. The number of β-amino-alcohol motifs (C(OH)–C–C–N with tert-alkyl or cyclic N) is 2. The van der Waals surface area contributed by atoms with Gasteiger partial charge in [0.15, 0.2) is 0 Å². The van der Waals surface area contributed by atoms with Crippen molar-refractivity contribution in [2.45, 2.75) is 18.1 Å². The van der Waals surface area contributed by atoms with Crippen LogP contribution in [0.5, 0.6) is 11.5 Å². The summed E-state index contributed by atoms with van der Waals surface area (Å²) in [4.78, 5) is 9.25. The van der Waals surface area contributed by atoms with Crippen LogP contribution in [-0.2, 0) is 0 Å². The van der Waals surface area contributed by atoms with Crippen molar-refractivity contribution in [2.75, 3.05) is 92.8 Å². The molecule has 0 aromatic heterocycles. The van der Waals surface area contributed by atoms with Gasteiger partial charge in [-0.2, -0.15) is 0 Å². The normalized spacial score (nSPS) is 18.5. The van der Waals surface area contributed by atoms with Crippen LogP contribution in [0.25, 0.3) is 21.5 Å². The third-order valence-corrected chi connectivity index (χ3v) is 10.6. The topological polar surface area (TPSA) is 71.9 Å². The quantitative estimate of drug-likeness (QED) is 0.130. The van der Waals surface area contributed by atoms with Gasteiger partial charge in [0.2, 0.25) is 0 Å². The summed E-state index contributed by atoms with van der Waals surface area (Å²) in [5.41, 5.74) is 3.53. The average Bonchev–Trinajstić information content (AvgIpc) is 3.16. The molecule has 2 N–H and O–H groups in total. The van der Waals surface area contributed by atoms with E-state index in [1.165, 1.54) is 27.1 Å². The highest BCUT2D eigenvalue weighted by atomic mass is 16.5. The van der Waals surface area contributed by atoms with Gasteiger partial charge in [0.05, 0.1) is 0 Å². The Hall–Kier alpha value is -4.02. The van der Waals surface area contributed by atoms with Gasteiger partial charge in [-0.15, -0.1) is 0 Å². The lowest BCUT2D eigenvalue weighted by Crippen LogP contribution is -2.47. The van der Waals surface area contributed by atoms with E-state index in [1.807, 2.05) is 24.3 Å². The SMILES string of the molecule is CN1CCN(CC(O)COc2ccc(C(c3ccc(OCC(O)CN4CCN(C)CC4)cc3)c3cc4ccccc4c4ccccc34)cc2)CC1. The van der Waals surface area contributed by atoms with Crippen LogP contribution < -0.4 is 9.47 Å². The van der Waals surface area contributed by atoms with Gasteiger partial charge >= 0.3 is 0 Å². The van der Waals surface area contributed by atoms with Gasteiger partial charge in [-0.1, -0.05) is 72.8 Å². The molecule has 0 amide bonds. The maximum Gasteiger partial charge on any atom is 0.119 e. The predicted molar refractivity (Wildman–Crippen MR) is 206 cm³/mol. The lowest BCUT2D eigenvalue weighted by molar-refractivity contribution is 0.0504. The lowest BCUT2D eigenvalue weighted by Gasteiger charge is -2.33. The second-order valence-corrected chi connectivity index (χ2v) is 14.4. The molecule has 7 rings (SSSR count). The van der Waals surface area contributed by atoms with E-state index in [4.69, 9.17) is 9.47 Å². The monoisotopic (exact) mass is 688 g/mol. The highest BCUT2D eigenvalue weighted by molar-refractivity contribution is 6.09. The molecule has 0 saturated carbocycles. The molecule has 2 saturated heterocycles. The summed E-state index contributed by atoms with van der Waals surface area (Å²) >= 11 is 0. The number of hydrogen-bond donors (Lipinski definition) is 2. The number of likely N-dealkylation sites (N-methyl/N-ethyl adjacent to an activating group) is 2. The second kappa shape index (κ2) is 16.5. The maximum atomic E-state index is 10.7. The fourth-order valence-corrected chi connectivity index (χ4v) is 7.53. The molecular weight excluding hydrogens is 636 g/mol. The molecular formula is C43H52N4O4. The number of piperazine rings is 2. The van der Waals surface area contributed by atoms with Crippen molar-refractivity contribution in [3.8, 4) is 11.5 Å². The first-order valence-corrected chi connectivity index (χ1v) is 18.4. The van der Waals surface area contributed by atoms with Gasteiger partial charge in [0, 0.05) is 71.4 Å². The molecule has 8 nitrogen and oxygen atoms in total. The number of ether oxygens (including phenoxy) is 2. The van der Waals surface area contributed by atoms with Crippen LogP contribution in [0, 0.1) is 0 Å². The average molecular weight is 689 g/mol. The standard InChI is InChI=1S/C43H52N4O4/c1-44-19-23-46(24-20-44)28-35(48)30-50-37-15-11-32(12-16-37)43(42-27-34-7-3-4-8-39(34)40-9-5-6-10-41(40)42)33-13-17-38(18-14-33)51-31-36(49)29-47-25-21-45(2)22-26-47/h3-18,27,35-36,43,48-49H,19-26,28-31H2,1-2H3. The van der Waals surface area contributed by atoms with Crippen LogP contribution >= 0.6 is 0 Å². The van der Waals surface area contributed by atoms with Gasteiger partial charge < -0.3 is 29.5 Å². The first kappa shape index (κ1) is 35.4. The van der Waals surface area contributed by atoms with Crippen LogP contribution in [0.4, 0.5) is 0 Å². The number of benzene rings is 5. The fourth-order valence-electron chi connectivity index (χ4n) is 7.53. The molecule has 2 heterocycles. The highest BCUT2D eigenvalue weighted by Gasteiger charge is 2.22. The summed E-state index contributed by atoms with van der Waals surface area (Å²) in [6, 6.07) is 36.3. The zero-order valence-corrected chi connectivity index (χ0v) is 30.0. The summed E-state index contributed by atoms with van der Waals surface area (Å²) in [5.74, 6) is 1.45. The summed E-state index contributed by atoms with van der Waals surface area (Å²) < 4.78 is 12.2. The molecule has 2 aliphatic heterocycles. The van der Waals surface area contributed by atoms with E-state index in [0.717, 1.165) is 75.0 Å². The molecule has 2 atom stereocenters. The summed E-state index contributed by atoms with van der Waals surface area (Å²) in [6.45, 7) is 9.76. The number of rotatable bonds is 13. The van der Waals surface area contributed by atoms with Crippen LogP contribution in [0.1, 0.15) is 22.6 Å². The van der Waals surface area contributed by atoms with E-state index >= 15 is 0 Å². The van der Waals surface area contributed by atoms with Crippen LogP contribution in [0.15, 0.2) is 103 Å². The minimum Gasteiger partial charge on any atom is -0.491 e. The first-order valence-electron chi connectivity index (χ1n) is 18.4. The van der Waals surface area contributed by atoms with E-state index in [-0.39, 0.29) is 19.1 Å². The minimum atomic E-state index is -0.543. The third kappa shape index (κ3) is 8.90. The maximum absolute atomic E-state index is 10.7. The van der Waals surface area contributed by atoms with Gasteiger partial charge in [-0.05, 0) is 82.7 Å². The summed E-state index contributed by atoms with van der Waals surface area (Å²) in [6.07, 6.45) is -1.09. The summed E-state index contributed by atoms with van der Waals surface area (Å²) in [7, 11) is 4.28. The molecule has 2 fully saturated rings.